The van der Waals surface area contributed by atoms with Gasteiger partial charge in [-0.3, -0.25) is 4.79 Å². The van der Waals surface area contributed by atoms with Crippen LogP contribution in [0.2, 0.25) is 0 Å². The number of hydrogen-bond donors (Lipinski definition) is 0. The predicted octanol–water partition coefficient (Wildman–Crippen LogP) is 2.64. The van der Waals surface area contributed by atoms with Gasteiger partial charge in [-0.2, -0.15) is 0 Å². The minimum absolute atomic E-state index is 0.216. The van der Waals surface area contributed by atoms with E-state index in [1.807, 2.05) is 29.3 Å². The first-order valence-electron chi connectivity index (χ1n) is 5.06. The van der Waals surface area contributed by atoms with Gasteiger partial charge in [-0.1, -0.05) is 37.8 Å². The second kappa shape index (κ2) is 5.43. The second-order valence-electron chi connectivity index (χ2n) is 3.32. The summed E-state index contributed by atoms with van der Waals surface area (Å²) in [4.78, 5) is 13.3. The lowest BCUT2D eigenvalue weighted by molar-refractivity contribution is -0.126. The highest BCUT2D eigenvalue weighted by atomic mass is 16.2. The average Bonchev–Trinajstić information content (AvgIpc) is 2.53. The normalized spacial score (nSPS) is 22.8. The van der Waals surface area contributed by atoms with Crippen LogP contribution in [-0.2, 0) is 4.79 Å². The van der Waals surface area contributed by atoms with Gasteiger partial charge in [0.1, 0.15) is 0 Å². The number of hydrogen-bond acceptors (Lipinski definition) is 1. The third kappa shape index (κ3) is 2.59. The Morgan fingerprint density at radius 3 is 3.07 bits per heavy atom. The van der Waals surface area contributed by atoms with Gasteiger partial charge in [0, 0.05) is 12.6 Å². The lowest BCUT2D eigenvalue weighted by Gasteiger charge is -2.17. The Kier molecular flexibility index (Phi) is 4.17. The van der Waals surface area contributed by atoms with Crippen LogP contribution in [0.25, 0.3) is 0 Å². The molecule has 1 aliphatic heterocycles. The molecule has 0 saturated carbocycles. The summed E-state index contributed by atoms with van der Waals surface area (Å²) in [5, 5.41) is 0. The molecule has 14 heavy (non-hydrogen) atoms. The zero-order valence-electron chi connectivity index (χ0n) is 8.65. The molecular weight excluding hydrogens is 174 g/mol. The molecule has 0 aromatic heterocycles. The van der Waals surface area contributed by atoms with E-state index in [0.717, 1.165) is 12.8 Å². The molecule has 0 unspecified atom stereocenters. The van der Waals surface area contributed by atoms with E-state index in [9.17, 15) is 4.79 Å². The van der Waals surface area contributed by atoms with Crippen molar-refractivity contribution in [2.45, 2.75) is 32.2 Å². The van der Waals surface area contributed by atoms with Crippen LogP contribution in [0.5, 0.6) is 0 Å². The van der Waals surface area contributed by atoms with E-state index in [-0.39, 0.29) is 11.9 Å². The van der Waals surface area contributed by atoms with Crippen molar-refractivity contribution in [2.24, 2.45) is 0 Å². The molecule has 1 atom stereocenters. The monoisotopic (exact) mass is 191 g/mol. The Hall–Kier alpha value is -1.31. The smallest absolute Gasteiger partial charge is 0.227 e. The van der Waals surface area contributed by atoms with Gasteiger partial charge in [0.25, 0.3) is 0 Å². The maximum Gasteiger partial charge on any atom is 0.227 e. The third-order valence-electron chi connectivity index (χ3n) is 2.27. The molecule has 1 amide bonds. The summed E-state index contributed by atoms with van der Waals surface area (Å²) in [6.45, 7) is 5.68. The molecule has 2 nitrogen and oxygen atoms in total. The maximum absolute atomic E-state index is 11.5. The number of rotatable bonds is 4. The zero-order chi connectivity index (χ0) is 10.4. The molecule has 0 N–H and O–H groups in total. The first-order chi connectivity index (χ1) is 6.79. The molecular formula is C12H17NO. The summed E-state index contributed by atoms with van der Waals surface area (Å²) in [6.07, 6.45) is 12.1. The van der Waals surface area contributed by atoms with E-state index in [1.54, 1.807) is 6.08 Å². The van der Waals surface area contributed by atoms with Crippen molar-refractivity contribution in [2.75, 3.05) is 0 Å². The van der Waals surface area contributed by atoms with E-state index in [0.29, 0.717) is 6.42 Å². The summed E-state index contributed by atoms with van der Waals surface area (Å²) in [5.74, 6) is 0.216. The number of carbonyl (C=O) groups is 1. The van der Waals surface area contributed by atoms with Crippen molar-refractivity contribution in [3.8, 4) is 0 Å². The molecule has 2 heteroatoms. The Morgan fingerprint density at radius 1 is 1.64 bits per heavy atom. The van der Waals surface area contributed by atoms with Crippen molar-refractivity contribution in [3.05, 3.63) is 37.1 Å². The Morgan fingerprint density at radius 2 is 2.43 bits per heavy atom. The second-order valence-corrected chi connectivity index (χ2v) is 3.32. The topological polar surface area (TPSA) is 20.3 Å². The van der Waals surface area contributed by atoms with Crippen LogP contribution in [0.4, 0.5) is 0 Å². The summed E-state index contributed by atoms with van der Waals surface area (Å²) in [5.41, 5.74) is 0. The molecule has 0 aromatic carbocycles. The van der Waals surface area contributed by atoms with E-state index in [2.05, 4.69) is 13.5 Å². The molecule has 0 radical (unpaired) electrons. The average molecular weight is 191 g/mol. The van der Waals surface area contributed by atoms with Crippen LogP contribution in [0.3, 0.4) is 0 Å². The highest BCUT2D eigenvalue weighted by Crippen LogP contribution is 2.20. The van der Waals surface area contributed by atoms with Gasteiger partial charge in [0.05, 0.1) is 6.04 Å². The molecule has 0 aliphatic carbocycles. The molecule has 76 valence electrons. The maximum atomic E-state index is 11.5. The van der Waals surface area contributed by atoms with Gasteiger partial charge in [-0.15, -0.1) is 0 Å². The van der Waals surface area contributed by atoms with Crippen LogP contribution >= 0.6 is 0 Å². The van der Waals surface area contributed by atoms with E-state index >= 15 is 0 Å². The molecule has 1 aliphatic rings. The number of amides is 1. The Labute approximate surface area is 85.6 Å². The van der Waals surface area contributed by atoms with Crippen molar-refractivity contribution >= 4 is 5.91 Å². The van der Waals surface area contributed by atoms with E-state index in [4.69, 9.17) is 0 Å². The molecule has 1 heterocycles. The van der Waals surface area contributed by atoms with Gasteiger partial charge < -0.3 is 4.90 Å². The molecule has 0 spiro atoms. The quantitative estimate of drug-likeness (QED) is 0.625. The Balaban J connectivity index is 2.66. The summed E-state index contributed by atoms with van der Waals surface area (Å²) in [7, 11) is 0. The van der Waals surface area contributed by atoms with Crippen molar-refractivity contribution in [3.63, 3.8) is 0 Å². The first-order valence-corrected chi connectivity index (χ1v) is 5.06. The fourth-order valence-electron chi connectivity index (χ4n) is 1.53. The molecule has 1 fully saturated rings. The molecule has 1 saturated heterocycles. The lowest BCUT2D eigenvalue weighted by atomic mass is 10.2. The minimum atomic E-state index is 0.216. The minimum Gasteiger partial charge on any atom is -0.312 e. The Bertz CT molecular complexity index is 265. The molecule has 0 bridgehead atoms. The zero-order valence-corrected chi connectivity index (χ0v) is 8.65. The standard InChI is InChI=1S/C12H17NO/c1-3-5-7-11-8-9-12(14)13(11)10-6-4-2/h3,5-7,10-11H,1,4,8-9H2,2H3/b7-5+,10-6+/t11-/m1/s1. The van der Waals surface area contributed by atoms with Gasteiger partial charge in [0.2, 0.25) is 5.91 Å². The SMILES string of the molecule is C=C/C=C/[C@@H]1CCC(=O)N1/C=C/CC. The molecule has 1 rings (SSSR count). The number of carbonyl (C=O) groups excluding carboxylic acids is 1. The third-order valence-corrected chi connectivity index (χ3v) is 2.27. The van der Waals surface area contributed by atoms with Gasteiger partial charge in [0.15, 0.2) is 0 Å². The van der Waals surface area contributed by atoms with Crippen LogP contribution in [0.1, 0.15) is 26.2 Å². The van der Waals surface area contributed by atoms with Crippen LogP contribution in [-0.4, -0.2) is 16.8 Å². The van der Waals surface area contributed by atoms with Crippen molar-refractivity contribution < 1.29 is 4.79 Å². The summed E-state index contributed by atoms with van der Waals surface area (Å²) < 4.78 is 0. The molecule has 0 aromatic rings. The highest BCUT2D eigenvalue weighted by Gasteiger charge is 2.26. The summed E-state index contributed by atoms with van der Waals surface area (Å²) >= 11 is 0. The predicted molar refractivity (Wildman–Crippen MR) is 58.6 cm³/mol. The largest absolute Gasteiger partial charge is 0.312 e. The summed E-state index contributed by atoms with van der Waals surface area (Å²) in [6, 6.07) is 0.225. The van der Waals surface area contributed by atoms with Gasteiger partial charge in [-0.25, -0.2) is 0 Å². The highest BCUT2D eigenvalue weighted by molar-refractivity contribution is 5.80. The number of nitrogens with zero attached hydrogens (tertiary/aromatic N) is 1. The van der Waals surface area contributed by atoms with Gasteiger partial charge >= 0.3 is 0 Å². The van der Waals surface area contributed by atoms with Crippen LogP contribution in [0, 0.1) is 0 Å². The number of likely N-dealkylation sites (tertiary alicyclic amines) is 1. The fourth-order valence-corrected chi connectivity index (χ4v) is 1.53. The lowest BCUT2D eigenvalue weighted by Crippen LogP contribution is -2.25. The first kappa shape index (κ1) is 10.8. The van der Waals surface area contributed by atoms with Crippen LogP contribution < -0.4 is 0 Å². The number of allylic oxidation sites excluding steroid dienone is 3. The van der Waals surface area contributed by atoms with Crippen molar-refractivity contribution in [1.82, 2.24) is 4.90 Å². The fraction of sp³-hybridized carbons (Fsp3) is 0.417. The van der Waals surface area contributed by atoms with Crippen LogP contribution in [0.15, 0.2) is 37.1 Å². The van der Waals surface area contributed by atoms with Crippen molar-refractivity contribution in [1.29, 1.82) is 0 Å². The van der Waals surface area contributed by atoms with E-state index < -0.39 is 0 Å². The van der Waals surface area contributed by atoms with Gasteiger partial charge in [-0.05, 0) is 12.8 Å². The van der Waals surface area contributed by atoms with E-state index in [1.165, 1.54) is 0 Å².